The second kappa shape index (κ2) is 3.71. The molecule has 0 bridgehead atoms. The minimum absolute atomic E-state index is 0.772. The fourth-order valence-corrected chi connectivity index (χ4v) is 0.665. The lowest BCUT2D eigenvalue weighted by Gasteiger charge is -1.97. The van der Waals surface area contributed by atoms with E-state index in [-0.39, 0.29) is 0 Å². The molecule has 1 N–H and O–H groups in total. The van der Waals surface area contributed by atoms with Gasteiger partial charge >= 0.3 is 0 Å². The van der Waals surface area contributed by atoms with Crippen LogP contribution in [0.4, 0.5) is 5.82 Å². The summed E-state index contributed by atoms with van der Waals surface area (Å²) in [7, 11) is 0. The van der Waals surface area contributed by atoms with Gasteiger partial charge in [0.2, 0.25) is 0 Å². The number of pyridine rings is 1. The molecule has 11 heavy (non-hydrogen) atoms. The quantitative estimate of drug-likeness (QED) is 0.514. The molecule has 0 aliphatic heterocycles. The monoisotopic (exact) mass is 149 g/mol. The van der Waals surface area contributed by atoms with Crippen LogP contribution in [0.1, 0.15) is 12.5 Å². The van der Waals surface area contributed by atoms with Crippen LogP contribution in [-0.4, -0.2) is 11.2 Å². The number of nitrogens with one attached hydrogen (secondary N) is 1. The largest absolute Gasteiger partial charge is 0.262 e. The van der Waals surface area contributed by atoms with Gasteiger partial charge in [-0.15, -0.1) is 0 Å². The van der Waals surface area contributed by atoms with E-state index in [1.807, 2.05) is 26.0 Å². The molecule has 1 aromatic heterocycles. The Morgan fingerprint density at radius 2 is 2.36 bits per heavy atom. The molecular weight excluding hydrogens is 138 g/mol. The first-order valence-electron chi connectivity index (χ1n) is 3.49. The predicted octanol–water partition coefficient (Wildman–Crippen LogP) is 1.81. The summed E-state index contributed by atoms with van der Waals surface area (Å²) in [6, 6.07) is 3.88. The number of aromatic nitrogens is 1. The van der Waals surface area contributed by atoms with Crippen molar-refractivity contribution in [2.45, 2.75) is 13.8 Å². The van der Waals surface area contributed by atoms with Crippen molar-refractivity contribution in [3.63, 3.8) is 0 Å². The van der Waals surface area contributed by atoms with Crippen molar-refractivity contribution in [2.24, 2.45) is 5.10 Å². The van der Waals surface area contributed by atoms with Crippen LogP contribution >= 0.6 is 0 Å². The zero-order valence-electron chi connectivity index (χ0n) is 6.70. The normalized spacial score (nSPS) is 10.4. The maximum absolute atomic E-state index is 4.09. The van der Waals surface area contributed by atoms with Gasteiger partial charge in [0, 0.05) is 12.4 Å². The lowest BCUT2D eigenvalue weighted by molar-refractivity contribution is 1.20. The van der Waals surface area contributed by atoms with Crippen molar-refractivity contribution in [3.8, 4) is 0 Å². The maximum atomic E-state index is 4.09. The number of hydrazone groups is 1. The van der Waals surface area contributed by atoms with E-state index >= 15 is 0 Å². The van der Waals surface area contributed by atoms with Gasteiger partial charge in [-0.2, -0.15) is 5.10 Å². The fraction of sp³-hybridized carbons (Fsp3) is 0.250. The summed E-state index contributed by atoms with van der Waals surface area (Å²) < 4.78 is 0. The Bertz CT molecular complexity index is 238. The Hall–Kier alpha value is -1.38. The highest BCUT2D eigenvalue weighted by atomic mass is 15.3. The van der Waals surface area contributed by atoms with Gasteiger partial charge in [-0.25, -0.2) is 4.98 Å². The smallest absolute Gasteiger partial charge is 0.146 e. The first kappa shape index (κ1) is 7.72. The summed E-state index contributed by atoms with van der Waals surface area (Å²) in [4.78, 5) is 4.09. The van der Waals surface area contributed by atoms with Crippen LogP contribution in [0.15, 0.2) is 23.4 Å². The van der Waals surface area contributed by atoms with Gasteiger partial charge < -0.3 is 0 Å². The average molecular weight is 149 g/mol. The Morgan fingerprint density at radius 3 is 2.91 bits per heavy atom. The highest BCUT2D eigenvalue weighted by molar-refractivity contribution is 5.55. The molecule has 1 aromatic rings. The Morgan fingerprint density at radius 1 is 1.55 bits per heavy atom. The highest BCUT2D eigenvalue weighted by Crippen LogP contribution is 2.02. The third kappa shape index (κ3) is 2.37. The van der Waals surface area contributed by atoms with E-state index in [9.17, 15) is 0 Å². The molecule has 0 aromatic carbocycles. The second-order valence-corrected chi connectivity index (χ2v) is 2.22. The van der Waals surface area contributed by atoms with E-state index in [1.165, 1.54) is 0 Å². The van der Waals surface area contributed by atoms with E-state index in [2.05, 4.69) is 15.5 Å². The van der Waals surface area contributed by atoms with Gasteiger partial charge in [0.05, 0.1) is 0 Å². The molecular formula is C8H11N3. The molecule has 0 amide bonds. The number of rotatable bonds is 2. The molecule has 58 valence electrons. The third-order valence-corrected chi connectivity index (χ3v) is 1.22. The van der Waals surface area contributed by atoms with Crippen LogP contribution in [0.3, 0.4) is 0 Å². The molecule has 0 saturated heterocycles. The van der Waals surface area contributed by atoms with Crippen LogP contribution in [0.2, 0.25) is 0 Å². The molecule has 0 fully saturated rings. The molecule has 0 aliphatic carbocycles. The molecule has 0 unspecified atom stereocenters. The molecule has 1 rings (SSSR count). The Balaban J connectivity index is 2.66. The second-order valence-electron chi connectivity index (χ2n) is 2.22. The molecule has 0 radical (unpaired) electrons. The highest BCUT2D eigenvalue weighted by Gasteiger charge is 1.87. The van der Waals surface area contributed by atoms with E-state index in [0.717, 1.165) is 11.4 Å². The Kier molecular flexibility index (Phi) is 2.60. The van der Waals surface area contributed by atoms with E-state index in [4.69, 9.17) is 0 Å². The van der Waals surface area contributed by atoms with Gasteiger partial charge in [0.15, 0.2) is 0 Å². The van der Waals surface area contributed by atoms with Crippen LogP contribution in [0, 0.1) is 6.92 Å². The van der Waals surface area contributed by atoms with Crippen LogP contribution < -0.4 is 5.43 Å². The van der Waals surface area contributed by atoms with Gasteiger partial charge in [-0.05, 0) is 25.5 Å². The van der Waals surface area contributed by atoms with Crippen molar-refractivity contribution in [3.05, 3.63) is 23.9 Å². The van der Waals surface area contributed by atoms with Gasteiger partial charge in [-0.1, -0.05) is 6.07 Å². The minimum Gasteiger partial charge on any atom is -0.262 e. The zero-order chi connectivity index (χ0) is 8.10. The van der Waals surface area contributed by atoms with Gasteiger partial charge in [-0.3, -0.25) is 5.43 Å². The van der Waals surface area contributed by atoms with Gasteiger partial charge in [0.25, 0.3) is 0 Å². The van der Waals surface area contributed by atoms with E-state index < -0.39 is 0 Å². The molecule has 3 nitrogen and oxygen atoms in total. The molecule has 3 heteroatoms. The zero-order valence-corrected chi connectivity index (χ0v) is 6.70. The number of nitrogens with zero attached hydrogens (tertiary/aromatic N) is 2. The standard InChI is InChI=1S/C8H11N3/c1-3-10-11-8-5-4-7(2)6-9-8/h3-6H,1-2H3,(H,9,11)/b10-3-. The van der Waals surface area contributed by atoms with E-state index in [1.54, 1.807) is 12.4 Å². The number of hydrogen-bond acceptors (Lipinski definition) is 3. The number of aryl methyl sites for hydroxylation is 1. The summed E-state index contributed by atoms with van der Waals surface area (Å²) in [5.41, 5.74) is 3.93. The summed E-state index contributed by atoms with van der Waals surface area (Å²) in [5.74, 6) is 0.772. The van der Waals surface area contributed by atoms with Crippen molar-refractivity contribution in [1.29, 1.82) is 0 Å². The third-order valence-electron chi connectivity index (χ3n) is 1.22. The number of hydrogen-bond donors (Lipinski definition) is 1. The summed E-state index contributed by atoms with van der Waals surface area (Å²) in [6.45, 7) is 3.85. The van der Waals surface area contributed by atoms with Crippen LogP contribution in [-0.2, 0) is 0 Å². The first-order chi connectivity index (χ1) is 5.33. The first-order valence-corrected chi connectivity index (χ1v) is 3.49. The maximum Gasteiger partial charge on any atom is 0.146 e. The van der Waals surface area contributed by atoms with Crippen LogP contribution in [0.5, 0.6) is 0 Å². The summed E-state index contributed by atoms with van der Waals surface area (Å²) >= 11 is 0. The van der Waals surface area contributed by atoms with Crippen molar-refractivity contribution >= 4 is 12.0 Å². The molecule has 0 spiro atoms. The summed E-state index contributed by atoms with van der Waals surface area (Å²) in [6.07, 6.45) is 3.48. The lowest BCUT2D eigenvalue weighted by atomic mass is 10.3. The van der Waals surface area contributed by atoms with Crippen molar-refractivity contribution in [2.75, 3.05) is 5.43 Å². The predicted molar refractivity (Wildman–Crippen MR) is 46.8 cm³/mol. The summed E-state index contributed by atoms with van der Waals surface area (Å²) in [5, 5.41) is 3.83. The van der Waals surface area contributed by atoms with E-state index in [0.29, 0.717) is 0 Å². The molecule has 1 heterocycles. The van der Waals surface area contributed by atoms with Crippen LogP contribution in [0.25, 0.3) is 0 Å². The van der Waals surface area contributed by atoms with Gasteiger partial charge in [0.1, 0.15) is 5.82 Å². The molecule has 0 aliphatic rings. The number of anilines is 1. The SMILES string of the molecule is C/C=N\Nc1ccc(C)cn1. The molecule has 0 saturated carbocycles. The lowest BCUT2D eigenvalue weighted by Crippen LogP contribution is -1.90. The molecule has 0 atom stereocenters. The topological polar surface area (TPSA) is 37.3 Å². The van der Waals surface area contributed by atoms with Crippen molar-refractivity contribution < 1.29 is 0 Å². The average Bonchev–Trinajstić information content (AvgIpc) is 2.04. The Labute approximate surface area is 66.2 Å². The fourth-order valence-electron chi connectivity index (χ4n) is 0.665. The minimum atomic E-state index is 0.772. The van der Waals surface area contributed by atoms with Crippen molar-refractivity contribution in [1.82, 2.24) is 4.98 Å².